The highest BCUT2D eigenvalue weighted by atomic mass is 19.4. The Kier molecular flexibility index (Phi) is 7.62. The number of rotatable bonds is 7. The van der Waals surface area contributed by atoms with Crippen molar-refractivity contribution in [3.05, 3.63) is 96.1 Å². The maximum absolute atomic E-state index is 14.5. The molecule has 0 aliphatic carbocycles. The molecule has 1 aromatic carbocycles. The first kappa shape index (κ1) is 26.6. The lowest BCUT2D eigenvalue weighted by Gasteiger charge is -2.26. The number of benzene rings is 1. The van der Waals surface area contributed by atoms with Crippen molar-refractivity contribution in [2.45, 2.75) is 38.9 Å². The Morgan fingerprint density at radius 2 is 2.11 bits per heavy atom. The fourth-order valence-corrected chi connectivity index (χ4v) is 4.05. The maximum atomic E-state index is 14.5. The third kappa shape index (κ3) is 5.91. The Labute approximate surface area is 216 Å². The van der Waals surface area contributed by atoms with Gasteiger partial charge in [-0.2, -0.15) is 13.2 Å². The van der Waals surface area contributed by atoms with Gasteiger partial charge in [0.25, 0.3) is 5.91 Å². The van der Waals surface area contributed by atoms with Crippen molar-refractivity contribution in [1.82, 2.24) is 20.0 Å². The maximum Gasteiger partial charge on any atom is 0.406 e. The molecule has 0 fully saturated rings. The molecule has 2 aromatic heterocycles. The van der Waals surface area contributed by atoms with Crippen LogP contribution in [-0.4, -0.2) is 38.6 Å². The molecule has 0 saturated carbocycles. The van der Waals surface area contributed by atoms with Gasteiger partial charge in [-0.15, -0.1) is 5.10 Å². The number of aryl methyl sites for hydroxylation is 1. The number of allylic oxidation sites excluding steroid dienone is 4. The molecule has 0 saturated heterocycles. The Hall–Kier alpha value is -4.46. The van der Waals surface area contributed by atoms with Crippen LogP contribution in [0.15, 0.2) is 61.2 Å². The van der Waals surface area contributed by atoms with Crippen LogP contribution in [0.3, 0.4) is 0 Å². The van der Waals surface area contributed by atoms with E-state index in [1.165, 1.54) is 29.2 Å². The van der Waals surface area contributed by atoms with Gasteiger partial charge in [-0.25, -0.2) is 14.1 Å². The van der Waals surface area contributed by atoms with Crippen LogP contribution in [0.2, 0.25) is 0 Å². The molecular formula is C27H23F4N5O2. The Morgan fingerprint density at radius 1 is 1.32 bits per heavy atom. The van der Waals surface area contributed by atoms with Gasteiger partial charge in [-0.05, 0) is 68.7 Å². The van der Waals surface area contributed by atoms with Gasteiger partial charge in [-0.1, -0.05) is 23.9 Å². The number of amides is 1. The lowest BCUT2D eigenvalue weighted by Crippen LogP contribution is -2.42. The molecule has 0 N–H and O–H groups in total. The molecule has 1 atom stereocenters. The third-order valence-electron chi connectivity index (χ3n) is 5.90. The van der Waals surface area contributed by atoms with Crippen LogP contribution >= 0.6 is 0 Å². The van der Waals surface area contributed by atoms with E-state index >= 15 is 0 Å². The number of hydrogen-bond acceptors (Lipinski definition) is 5. The topological polar surface area (TPSA) is 73.1 Å². The average molecular weight is 526 g/mol. The van der Waals surface area contributed by atoms with Crippen LogP contribution in [-0.2, 0) is 11.2 Å². The summed E-state index contributed by atoms with van der Waals surface area (Å²) in [6, 6.07) is 8.17. The first-order valence-corrected chi connectivity index (χ1v) is 11.6. The van der Waals surface area contributed by atoms with E-state index in [1.807, 2.05) is 0 Å². The highest BCUT2D eigenvalue weighted by Gasteiger charge is 2.40. The monoisotopic (exact) mass is 525 g/mol. The van der Waals surface area contributed by atoms with Crippen LogP contribution in [0.1, 0.15) is 36.3 Å². The number of fused-ring (bicyclic) bond motifs is 1. The summed E-state index contributed by atoms with van der Waals surface area (Å²) in [5, 5.41) is 8.13. The summed E-state index contributed by atoms with van der Waals surface area (Å²) in [6.45, 7) is 5.81. The number of ether oxygens (including phenoxy) is 1. The van der Waals surface area contributed by atoms with E-state index in [0.717, 1.165) is 6.07 Å². The fourth-order valence-electron chi connectivity index (χ4n) is 4.05. The predicted octanol–water partition coefficient (Wildman–Crippen LogP) is 5.36. The molecule has 11 heteroatoms. The Morgan fingerprint density at radius 3 is 2.82 bits per heavy atom. The number of carbonyl (C=O) groups is 1. The van der Waals surface area contributed by atoms with E-state index in [-0.39, 0.29) is 24.1 Å². The minimum atomic E-state index is -4.68. The van der Waals surface area contributed by atoms with E-state index in [9.17, 15) is 22.4 Å². The summed E-state index contributed by atoms with van der Waals surface area (Å²) < 4.78 is 61.5. The van der Waals surface area contributed by atoms with Gasteiger partial charge >= 0.3 is 6.18 Å². The Bertz CT molecular complexity index is 1410. The third-order valence-corrected chi connectivity index (χ3v) is 5.90. The van der Waals surface area contributed by atoms with Crippen molar-refractivity contribution in [2.24, 2.45) is 0 Å². The van der Waals surface area contributed by atoms with Crippen molar-refractivity contribution in [3.63, 3.8) is 0 Å². The predicted molar refractivity (Wildman–Crippen MR) is 131 cm³/mol. The van der Waals surface area contributed by atoms with Crippen molar-refractivity contribution >= 4 is 17.2 Å². The van der Waals surface area contributed by atoms with Crippen molar-refractivity contribution < 1.29 is 27.1 Å². The number of anilines is 1. The lowest BCUT2D eigenvalue weighted by molar-refractivity contribution is -0.134. The van der Waals surface area contributed by atoms with Gasteiger partial charge in [0.2, 0.25) is 0 Å². The van der Waals surface area contributed by atoms with Gasteiger partial charge < -0.3 is 9.64 Å². The number of carbonyl (C=O) groups excluding carboxylic acids is 1. The molecule has 1 amide bonds. The second-order valence-corrected chi connectivity index (χ2v) is 8.50. The smallest absolute Gasteiger partial charge is 0.406 e. The van der Waals surface area contributed by atoms with E-state index in [0.29, 0.717) is 33.4 Å². The van der Waals surface area contributed by atoms with Crippen molar-refractivity contribution in [3.8, 4) is 5.75 Å². The first-order valence-electron chi connectivity index (χ1n) is 11.6. The molecule has 1 unspecified atom stereocenters. The molecular weight excluding hydrogens is 502 g/mol. The quantitative estimate of drug-likeness (QED) is 0.236. The van der Waals surface area contributed by atoms with E-state index < -0.39 is 30.5 Å². The molecule has 196 valence electrons. The highest BCUT2D eigenvalue weighted by Crippen LogP contribution is 2.35. The summed E-state index contributed by atoms with van der Waals surface area (Å²) in [6.07, 6.45) is 3.36. The van der Waals surface area contributed by atoms with Crippen molar-refractivity contribution in [2.75, 3.05) is 11.4 Å². The summed E-state index contributed by atoms with van der Waals surface area (Å²) >= 11 is 0. The minimum absolute atomic E-state index is 0.0492. The number of alkyl halides is 3. The minimum Gasteiger partial charge on any atom is -0.447 e. The summed E-state index contributed by atoms with van der Waals surface area (Å²) in [4.78, 5) is 18.0. The van der Waals surface area contributed by atoms with Gasteiger partial charge in [0.05, 0.1) is 23.8 Å². The number of halogens is 4. The molecule has 1 aliphatic heterocycles. The van der Waals surface area contributed by atoms with E-state index in [1.54, 1.807) is 32.1 Å². The number of aromatic nitrogens is 4. The number of hydrogen-bond donors (Lipinski definition) is 0. The zero-order valence-corrected chi connectivity index (χ0v) is 20.6. The first-order chi connectivity index (χ1) is 18.1. The zero-order chi connectivity index (χ0) is 27.4. The molecule has 4 rings (SSSR count). The van der Waals surface area contributed by atoms with Crippen LogP contribution in [0.5, 0.6) is 5.75 Å². The van der Waals surface area contributed by atoms with E-state index in [4.69, 9.17) is 4.74 Å². The van der Waals surface area contributed by atoms with Crippen molar-refractivity contribution in [1.29, 1.82) is 0 Å². The number of nitrogens with zero attached hydrogens (tertiary/aromatic N) is 5. The highest BCUT2D eigenvalue weighted by molar-refractivity contribution is 5.97. The summed E-state index contributed by atoms with van der Waals surface area (Å²) in [7, 11) is 0. The average Bonchev–Trinajstić information content (AvgIpc) is 3.29. The summed E-state index contributed by atoms with van der Waals surface area (Å²) in [5.41, 5.74) is 1.55. The van der Waals surface area contributed by atoms with Gasteiger partial charge in [0.15, 0.2) is 5.75 Å². The van der Waals surface area contributed by atoms with Gasteiger partial charge in [-0.3, -0.25) is 4.79 Å². The second-order valence-electron chi connectivity index (χ2n) is 8.50. The molecule has 3 aromatic rings. The lowest BCUT2D eigenvalue weighted by atomic mass is 10.1. The largest absolute Gasteiger partial charge is 0.447 e. The SMILES string of the molecule is C=C(/C=C\C(=C/C)c1cn(C2CCc3c(F)cccc3N(CC(F)(F)F)C2=O)nn1)Oc1c#ccnc1C. The molecule has 38 heavy (non-hydrogen) atoms. The molecule has 0 spiro atoms. The van der Waals surface area contributed by atoms with Gasteiger partial charge in [0.1, 0.15) is 29.9 Å². The molecule has 0 bridgehead atoms. The standard InChI is InChI=1S/C27H23F4N5O2/c1-4-19(11-10-17(2)38-25-9-6-14-32-18(25)3)22-15-36(34-33-22)24-13-12-20-21(28)7-5-8-23(20)35(26(24)37)16-27(29,30)31/h4-5,7-8,10-11,14-15,24H,2,12-13,16H2,1,3H3/b11-10-,19-4+. The Balaban J connectivity index is 1.56. The molecule has 0 radical (unpaired) electrons. The normalized spacial score (nSPS) is 16.3. The van der Waals surface area contributed by atoms with Crippen LogP contribution < -0.4 is 9.64 Å². The second kappa shape index (κ2) is 10.9. The molecule has 7 nitrogen and oxygen atoms in total. The molecule has 3 heterocycles. The fraction of sp³-hybridized carbons (Fsp3) is 0.259. The van der Waals surface area contributed by atoms with Crippen LogP contribution in [0, 0.1) is 24.9 Å². The molecule has 1 aliphatic rings. The zero-order valence-electron chi connectivity index (χ0n) is 20.6. The van der Waals surface area contributed by atoms with Crippen LogP contribution in [0.25, 0.3) is 5.57 Å². The van der Waals surface area contributed by atoms with Crippen LogP contribution in [0.4, 0.5) is 23.2 Å². The van der Waals surface area contributed by atoms with E-state index in [2.05, 4.69) is 34.0 Å². The van der Waals surface area contributed by atoms with Gasteiger partial charge in [0, 0.05) is 5.56 Å². The summed E-state index contributed by atoms with van der Waals surface area (Å²) in [5.74, 6) is -0.840.